The summed E-state index contributed by atoms with van der Waals surface area (Å²) in [5.74, 6) is -1.44. The Morgan fingerprint density at radius 1 is 1.00 bits per heavy atom. The number of para-hydroxylation sites is 1. The van der Waals surface area contributed by atoms with Crippen LogP contribution in [0.1, 0.15) is 38.9 Å². The van der Waals surface area contributed by atoms with Crippen molar-refractivity contribution in [3.05, 3.63) is 110 Å². The number of ketones is 1. The molecule has 4 aromatic rings. The molecule has 0 bridgehead atoms. The summed E-state index contributed by atoms with van der Waals surface area (Å²) in [6.45, 7) is 1.22. The van der Waals surface area contributed by atoms with Crippen molar-refractivity contribution in [3.8, 4) is 28.2 Å². The predicted octanol–water partition coefficient (Wildman–Crippen LogP) is 6.48. The first-order valence-corrected chi connectivity index (χ1v) is 13.6. The zero-order chi connectivity index (χ0) is 30.4. The molecule has 1 aliphatic carbocycles. The number of carboxylic acids is 1. The van der Waals surface area contributed by atoms with E-state index >= 15 is 0 Å². The van der Waals surface area contributed by atoms with E-state index in [1.54, 1.807) is 12.1 Å². The van der Waals surface area contributed by atoms with E-state index in [0.717, 1.165) is 5.39 Å². The van der Waals surface area contributed by atoms with Crippen LogP contribution in [0.4, 0.5) is 5.69 Å². The summed E-state index contributed by atoms with van der Waals surface area (Å²) in [5.41, 5.74) is 3.18. The summed E-state index contributed by atoms with van der Waals surface area (Å²) in [4.78, 5) is 41.7. The van der Waals surface area contributed by atoms with Gasteiger partial charge in [-0.15, -0.1) is 0 Å². The van der Waals surface area contributed by atoms with Crippen molar-refractivity contribution in [3.63, 3.8) is 0 Å². The highest BCUT2D eigenvalue weighted by molar-refractivity contribution is 6.31. The van der Waals surface area contributed by atoms with Crippen LogP contribution < -0.4 is 10.7 Å². The number of carbonyl (C=O) groups excluding carboxylic acids is 1. The summed E-state index contributed by atoms with van der Waals surface area (Å²) >= 11 is 6.24. The van der Waals surface area contributed by atoms with Crippen LogP contribution in [-0.2, 0) is 13.2 Å². The molecule has 1 aromatic heterocycles. The van der Waals surface area contributed by atoms with Crippen LogP contribution in [0.25, 0.3) is 44.3 Å². The van der Waals surface area contributed by atoms with E-state index in [9.17, 15) is 29.7 Å². The van der Waals surface area contributed by atoms with E-state index in [2.05, 4.69) is 10.3 Å². The van der Waals surface area contributed by atoms with Gasteiger partial charge in [-0.3, -0.25) is 9.59 Å². The molecule has 0 fully saturated rings. The van der Waals surface area contributed by atoms with Crippen molar-refractivity contribution in [1.82, 2.24) is 4.98 Å². The molecule has 0 saturated heterocycles. The number of benzene rings is 4. The molecular weight excluding hydrogens is 572 g/mol. The number of nitrogens with one attached hydrogen (secondary N) is 1. The highest BCUT2D eigenvalue weighted by Crippen LogP contribution is 2.44. The molecule has 0 spiro atoms. The molecule has 3 aromatic carbocycles. The van der Waals surface area contributed by atoms with Gasteiger partial charge in [0.25, 0.3) is 0 Å². The molecule has 0 amide bonds. The van der Waals surface area contributed by atoms with Gasteiger partial charge in [0, 0.05) is 40.1 Å². The third-order valence-electron chi connectivity index (χ3n) is 7.33. The Kier molecular flexibility index (Phi) is 7.05. The average Bonchev–Trinajstić information content (AvgIpc) is 2.99. The molecule has 0 radical (unpaired) electrons. The van der Waals surface area contributed by atoms with Crippen molar-refractivity contribution in [2.75, 3.05) is 5.32 Å². The fourth-order valence-electron chi connectivity index (χ4n) is 5.25. The first-order chi connectivity index (χ1) is 20.7. The van der Waals surface area contributed by atoms with Crippen LogP contribution in [0.15, 0.2) is 82.0 Å². The summed E-state index contributed by atoms with van der Waals surface area (Å²) in [5, 5.41) is 34.8. The van der Waals surface area contributed by atoms with Crippen LogP contribution in [-0.4, -0.2) is 32.1 Å². The zero-order valence-electron chi connectivity index (χ0n) is 22.6. The quantitative estimate of drug-likeness (QED) is 0.120. The smallest absolute Gasteiger partial charge is 0.335 e. The number of halogens is 1. The Hall–Kier alpha value is -5.25. The summed E-state index contributed by atoms with van der Waals surface area (Å²) in [7, 11) is 0. The lowest BCUT2D eigenvalue weighted by molar-refractivity contribution is 0.0696. The van der Waals surface area contributed by atoms with Gasteiger partial charge in [0.15, 0.2) is 5.78 Å². The Morgan fingerprint density at radius 3 is 2.56 bits per heavy atom. The number of aromatic nitrogens is 1. The van der Waals surface area contributed by atoms with E-state index in [1.807, 2.05) is 24.3 Å². The van der Waals surface area contributed by atoms with E-state index in [4.69, 9.17) is 16.0 Å². The summed E-state index contributed by atoms with van der Waals surface area (Å²) in [6.07, 6.45) is 0. The number of carboxylic acid groups (broad SMARTS) is 1. The van der Waals surface area contributed by atoms with E-state index in [-0.39, 0.29) is 52.2 Å². The van der Waals surface area contributed by atoms with Crippen molar-refractivity contribution in [1.29, 1.82) is 0 Å². The molecule has 0 atom stereocenters. The van der Waals surface area contributed by atoms with Gasteiger partial charge >= 0.3 is 5.97 Å². The van der Waals surface area contributed by atoms with Crippen LogP contribution >= 0.6 is 11.6 Å². The van der Waals surface area contributed by atoms with E-state index < -0.39 is 11.4 Å². The number of carbonyl (C=O) groups is 2. The van der Waals surface area contributed by atoms with Crippen molar-refractivity contribution in [2.45, 2.75) is 20.1 Å². The number of anilines is 1. The number of nitrogens with zero attached hydrogens (tertiary/aromatic N) is 1. The lowest BCUT2D eigenvalue weighted by Crippen LogP contribution is -2.07. The Labute approximate surface area is 249 Å². The fourth-order valence-corrected chi connectivity index (χ4v) is 5.42. The number of aliphatic hydroxyl groups is 1. The third kappa shape index (κ3) is 4.94. The maximum Gasteiger partial charge on any atom is 0.335 e. The van der Waals surface area contributed by atoms with Crippen LogP contribution in [0.2, 0.25) is 5.02 Å². The molecular formula is C33H23ClN2O7. The van der Waals surface area contributed by atoms with Crippen molar-refractivity contribution >= 4 is 50.9 Å². The molecule has 10 heteroatoms. The molecule has 2 aliphatic rings. The number of aliphatic hydroxyl groups excluding tert-OH is 1. The molecule has 9 nitrogen and oxygen atoms in total. The molecule has 43 heavy (non-hydrogen) atoms. The second kappa shape index (κ2) is 10.9. The lowest BCUT2D eigenvalue weighted by Gasteiger charge is -2.20. The number of rotatable bonds is 7. The molecule has 4 N–H and O–H groups in total. The number of aromatic carboxylic acids is 1. The van der Waals surface area contributed by atoms with Gasteiger partial charge in [-0.1, -0.05) is 29.8 Å². The molecule has 0 unspecified atom stereocenters. The van der Waals surface area contributed by atoms with Gasteiger partial charge in [0.2, 0.25) is 5.43 Å². The van der Waals surface area contributed by atoms with Crippen molar-refractivity contribution < 1.29 is 29.3 Å². The number of aromatic hydroxyl groups is 1. The van der Waals surface area contributed by atoms with Crippen LogP contribution in [0.3, 0.4) is 0 Å². The first-order valence-electron chi connectivity index (χ1n) is 13.2. The maximum absolute atomic E-state index is 12.7. The Balaban J connectivity index is 1.62. The largest absolute Gasteiger partial charge is 0.507 e. The summed E-state index contributed by atoms with van der Waals surface area (Å²) < 4.78 is 6.24. The number of hydrogen-bond donors (Lipinski definition) is 4. The number of pyridine rings is 1. The zero-order valence-corrected chi connectivity index (χ0v) is 23.4. The summed E-state index contributed by atoms with van der Waals surface area (Å²) in [6, 6.07) is 19.1. The average molecular weight is 595 g/mol. The molecule has 0 saturated carbocycles. The first kappa shape index (κ1) is 27.9. The number of phenols is 1. The second-order valence-corrected chi connectivity index (χ2v) is 10.4. The SMILES string of the molecule is CC(=O)c1ccc(C(=O)O)cc1-c1c2cc(Cl)c(=O)cc-2oc2c(CNc3cccc4ccc(CO)nc34)c(O)ccc12. The van der Waals surface area contributed by atoms with Crippen LogP contribution in [0.5, 0.6) is 5.75 Å². The molecule has 6 rings (SSSR count). The van der Waals surface area contributed by atoms with Gasteiger partial charge in [-0.25, -0.2) is 9.78 Å². The van der Waals surface area contributed by atoms with Gasteiger partial charge in [0.05, 0.1) is 39.7 Å². The number of hydrogen-bond acceptors (Lipinski definition) is 8. The topological polar surface area (TPSA) is 150 Å². The standard InChI is InChI=1S/C33H23ClN2O7/c1-16(38)20-8-6-18(33(41)42)11-22(20)30-21-9-10-27(39)24(32(21)43-29-13-28(40)25(34)12-23(29)30)14-35-26-4-2-3-17-5-7-19(15-37)36-31(17)26/h2-13,35,37,39H,14-15H2,1H3,(H,41,42). The Bertz CT molecular complexity index is 2140. The predicted molar refractivity (Wildman–Crippen MR) is 163 cm³/mol. The van der Waals surface area contributed by atoms with E-state index in [0.29, 0.717) is 44.5 Å². The highest BCUT2D eigenvalue weighted by Gasteiger charge is 2.25. The molecule has 214 valence electrons. The number of phenolic OH excluding ortho intramolecular Hbond substituents is 1. The fraction of sp³-hybridized carbons (Fsp3) is 0.0909. The minimum atomic E-state index is -1.18. The van der Waals surface area contributed by atoms with Gasteiger partial charge in [-0.05, 0) is 61.0 Å². The number of Topliss-reactive ketones (excluding diaryl/α,β-unsaturated/α-hetero) is 1. The Morgan fingerprint density at radius 2 is 1.81 bits per heavy atom. The van der Waals surface area contributed by atoms with Gasteiger partial charge in [-0.2, -0.15) is 0 Å². The van der Waals surface area contributed by atoms with Crippen molar-refractivity contribution in [2.24, 2.45) is 0 Å². The van der Waals surface area contributed by atoms with E-state index in [1.165, 1.54) is 43.3 Å². The van der Waals surface area contributed by atoms with Crippen LogP contribution in [0, 0.1) is 0 Å². The second-order valence-electron chi connectivity index (χ2n) is 10.0. The normalized spacial score (nSPS) is 11.3. The monoisotopic (exact) mass is 594 g/mol. The third-order valence-corrected chi connectivity index (χ3v) is 7.63. The minimum Gasteiger partial charge on any atom is -0.507 e. The lowest BCUT2D eigenvalue weighted by atomic mass is 9.88. The highest BCUT2D eigenvalue weighted by atomic mass is 35.5. The van der Waals surface area contributed by atoms with Gasteiger partial charge in [0.1, 0.15) is 17.1 Å². The molecule has 1 aliphatic heterocycles. The maximum atomic E-state index is 12.7. The minimum absolute atomic E-state index is 0.0417. The molecule has 2 heterocycles. The number of fused-ring (bicyclic) bond motifs is 3. The van der Waals surface area contributed by atoms with Gasteiger partial charge < -0.3 is 25.1 Å².